The van der Waals surface area contributed by atoms with Gasteiger partial charge >= 0.3 is 0 Å². The molecular formula is C17H27N3O4S. The Morgan fingerprint density at radius 3 is 2.36 bits per heavy atom. The van der Waals surface area contributed by atoms with Crippen molar-refractivity contribution < 1.29 is 18.0 Å². The van der Waals surface area contributed by atoms with Crippen molar-refractivity contribution in [3.05, 3.63) is 0 Å². The van der Waals surface area contributed by atoms with E-state index in [0.29, 0.717) is 44.6 Å². The molecule has 2 aliphatic carbocycles. The van der Waals surface area contributed by atoms with Gasteiger partial charge < -0.3 is 10.2 Å². The van der Waals surface area contributed by atoms with E-state index in [2.05, 4.69) is 5.32 Å². The summed E-state index contributed by atoms with van der Waals surface area (Å²) in [6.07, 6.45) is 5.62. The minimum atomic E-state index is -3.08. The Kier molecular flexibility index (Phi) is 4.52. The van der Waals surface area contributed by atoms with Gasteiger partial charge in [0.15, 0.2) is 0 Å². The lowest BCUT2D eigenvalue weighted by molar-refractivity contribution is -0.129. The van der Waals surface area contributed by atoms with E-state index in [-0.39, 0.29) is 23.0 Å². The van der Waals surface area contributed by atoms with E-state index >= 15 is 0 Å². The molecule has 2 heterocycles. The summed E-state index contributed by atoms with van der Waals surface area (Å²) in [7, 11) is -3.08. The molecule has 2 saturated carbocycles. The molecule has 2 amide bonds. The van der Waals surface area contributed by atoms with E-state index < -0.39 is 10.0 Å². The van der Waals surface area contributed by atoms with Crippen molar-refractivity contribution in [2.45, 2.75) is 56.2 Å². The fraction of sp³-hybridized carbons (Fsp3) is 0.882. The number of hydrogen-bond acceptors (Lipinski definition) is 4. The number of hydrogen-bond donors (Lipinski definition) is 1. The van der Waals surface area contributed by atoms with Crippen LogP contribution in [-0.4, -0.2) is 66.9 Å². The molecule has 4 aliphatic rings. The molecule has 1 atom stereocenters. The van der Waals surface area contributed by atoms with E-state index in [1.165, 1.54) is 0 Å². The van der Waals surface area contributed by atoms with Crippen molar-refractivity contribution >= 4 is 21.8 Å². The molecule has 0 spiro atoms. The lowest BCUT2D eigenvalue weighted by Crippen LogP contribution is -2.43. The zero-order chi connectivity index (χ0) is 17.6. The molecule has 0 radical (unpaired) electrons. The summed E-state index contributed by atoms with van der Waals surface area (Å²) < 4.78 is 26.2. The zero-order valence-electron chi connectivity index (χ0n) is 14.5. The Morgan fingerprint density at radius 2 is 1.76 bits per heavy atom. The molecule has 0 aromatic carbocycles. The maximum absolute atomic E-state index is 12.3. The average molecular weight is 369 g/mol. The van der Waals surface area contributed by atoms with Crippen molar-refractivity contribution in [3.63, 3.8) is 0 Å². The third-order valence-corrected chi connectivity index (χ3v) is 8.27. The minimum absolute atomic E-state index is 0.0173. The van der Waals surface area contributed by atoms with Gasteiger partial charge in [-0.1, -0.05) is 0 Å². The first kappa shape index (κ1) is 17.3. The van der Waals surface area contributed by atoms with Gasteiger partial charge in [-0.15, -0.1) is 0 Å². The first-order chi connectivity index (χ1) is 11.9. The molecule has 2 aliphatic heterocycles. The second-order valence-electron chi connectivity index (χ2n) is 8.07. The third kappa shape index (κ3) is 3.84. The van der Waals surface area contributed by atoms with Crippen molar-refractivity contribution in [1.29, 1.82) is 0 Å². The first-order valence-electron chi connectivity index (χ1n) is 9.50. The van der Waals surface area contributed by atoms with Crippen LogP contribution in [0.15, 0.2) is 0 Å². The lowest BCUT2D eigenvalue weighted by atomic mass is 9.97. The number of rotatable bonds is 6. The quantitative estimate of drug-likeness (QED) is 0.730. The normalized spacial score (nSPS) is 29.2. The van der Waals surface area contributed by atoms with Gasteiger partial charge in [0.2, 0.25) is 21.8 Å². The summed E-state index contributed by atoms with van der Waals surface area (Å²) in [6, 6.07) is 0.328. The monoisotopic (exact) mass is 369 g/mol. The van der Waals surface area contributed by atoms with Crippen LogP contribution in [0.3, 0.4) is 0 Å². The van der Waals surface area contributed by atoms with Gasteiger partial charge in [0.05, 0.1) is 11.2 Å². The molecule has 1 unspecified atom stereocenters. The van der Waals surface area contributed by atoms with Crippen LogP contribution < -0.4 is 5.32 Å². The van der Waals surface area contributed by atoms with E-state index in [1.54, 1.807) is 4.31 Å². The average Bonchev–Trinajstić information content (AvgIpc) is 3.48. The number of likely N-dealkylation sites (tertiary alicyclic amines) is 1. The van der Waals surface area contributed by atoms with Gasteiger partial charge in [-0.25, -0.2) is 12.7 Å². The molecule has 2 saturated heterocycles. The van der Waals surface area contributed by atoms with Gasteiger partial charge in [0, 0.05) is 38.6 Å². The number of piperidine rings is 1. The smallest absolute Gasteiger partial charge is 0.225 e. The number of nitrogens with one attached hydrogen (secondary N) is 1. The van der Waals surface area contributed by atoms with E-state index in [4.69, 9.17) is 0 Å². The second kappa shape index (κ2) is 6.54. The Hall–Kier alpha value is -1.15. The predicted octanol–water partition coefficient (Wildman–Crippen LogP) is 0.318. The Balaban J connectivity index is 1.25. The van der Waals surface area contributed by atoms with E-state index in [1.807, 2.05) is 4.90 Å². The van der Waals surface area contributed by atoms with Crippen LogP contribution >= 0.6 is 0 Å². The van der Waals surface area contributed by atoms with Crippen LogP contribution in [-0.2, 0) is 19.6 Å². The second-order valence-corrected chi connectivity index (χ2v) is 10.3. The summed E-state index contributed by atoms with van der Waals surface area (Å²) in [5.74, 6) is 0.191. The van der Waals surface area contributed by atoms with Crippen molar-refractivity contribution in [2.24, 2.45) is 11.8 Å². The zero-order valence-corrected chi connectivity index (χ0v) is 15.3. The van der Waals surface area contributed by atoms with Crippen LogP contribution in [0, 0.1) is 11.8 Å². The Labute approximate surface area is 149 Å². The predicted molar refractivity (Wildman–Crippen MR) is 92.1 cm³/mol. The summed E-state index contributed by atoms with van der Waals surface area (Å²) >= 11 is 0. The van der Waals surface area contributed by atoms with Gasteiger partial charge in [-0.2, -0.15) is 0 Å². The van der Waals surface area contributed by atoms with Gasteiger partial charge in [0.1, 0.15) is 0 Å². The number of sulfonamides is 1. The largest absolute Gasteiger partial charge is 0.353 e. The molecule has 140 valence electrons. The molecule has 25 heavy (non-hydrogen) atoms. The maximum atomic E-state index is 12.3. The minimum Gasteiger partial charge on any atom is -0.353 e. The molecule has 0 aromatic heterocycles. The molecule has 1 N–H and O–H groups in total. The maximum Gasteiger partial charge on any atom is 0.225 e. The van der Waals surface area contributed by atoms with E-state index in [0.717, 1.165) is 38.5 Å². The molecule has 8 heteroatoms. The highest BCUT2D eigenvalue weighted by molar-refractivity contribution is 7.90. The van der Waals surface area contributed by atoms with Crippen LogP contribution in [0.2, 0.25) is 0 Å². The molecule has 4 fully saturated rings. The third-order valence-electron chi connectivity index (χ3n) is 5.87. The van der Waals surface area contributed by atoms with Crippen molar-refractivity contribution in [3.8, 4) is 0 Å². The first-order valence-corrected chi connectivity index (χ1v) is 11.0. The summed E-state index contributed by atoms with van der Waals surface area (Å²) in [4.78, 5) is 26.2. The Morgan fingerprint density at radius 1 is 1.08 bits per heavy atom. The van der Waals surface area contributed by atoms with Crippen LogP contribution in [0.1, 0.15) is 44.9 Å². The number of amides is 2. The number of nitrogens with zero attached hydrogens (tertiary/aromatic N) is 2. The number of carbonyl (C=O) groups excluding carboxylic acids is 2. The highest BCUT2D eigenvalue weighted by Crippen LogP contribution is 2.33. The molecular weight excluding hydrogens is 342 g/mol. The molecule has 0 aromatic rings. The standard InChI is InChI=1S/C17H27N3O4S/c21-16-9-13(17(22)18-14-1-2-14)11-19(16)10-12-5-7-20(8-6-12)25(23,24)15-3-4-15/h12-15H,1-11H2,(H,18,22). The topological polar surface area (TPSA) is 86.8 Å². The highest BCUT2D eigenvalue weighted by atomic mass is 32.2. The summed E-state index contributed by atoms with van der Waals surface area (Å²) in [5.41, 5.74) is 0. The van der Waals surface area contributed by atoms with Crippen molar-refractivity contribution in [2.75, 3.05) is 26.2 Å². The highest BCUT2D eigenvalue weighted by Gasteiger charge is 2.42. The summed E-state index contributed by atoms with van der Waals surface area (Å²) in [5, 5.41) is 2.84. The van der Waals surface area contributed by atoms with Gasteiger partial charge in [0.25, 0.3) is 0 Å². The van der Waals surface area contributed by atoms with Crippen LogP contribution in [0.4, 0.5) is 0 Å². The molecule has 7 nitrogen and oxygen atoms in total. The SMILES string of the molecule is O=C(NC1CC1)C1CC(=O)N(CC2CCN(S(=O)(=O)C3CC3)CC2)C1. The van der Waals surface area contributed by atoms with E-state index in [9.17, 15) is 18.0 Å². The molecule has 0 bridgehead atoms. The van der Waals surface area contributed by atoms with Gasteiger partial charge in [-0.05, 0) is 44.4 Å². The van der Waals surface area contributed by atoms with Crippen LogP contribution in [0.5, 0.6) is 0 Å². The summed E-state index contributed by atoms with van der Waals surface area (Å²) in [6.45, 7) is 2.30. The fourth-order valence-electron chi connectivity index (χ4n) is 3.91. The van der Waals surface area contributed by atoms with Crippen molar-refractivity contribution in [1.82, 2.24) is 14.5 Å². The lowest BCUT2D eigenvalue weighted by Gasteiger charge is -2.33. The number of carbonyl (C=O) groups is 2. The van der Waals surface area contributed by atoms with Crippen LogP contribution in [0.25, 0.3) is 0 Å². The van der Waals surface area contributed by atoms with Gasteiger partial charge in [-0.3, -0.25) is 9.59 Å². The Bertz CT molecular complexity index is 649. The molecule has 4 rings (SSSR count). The fourth-order valence-corrected chi connectivity index (χ4v) is 5.78.